The second kappa shape index (κ2) is 5.10. The fourth-order valence-corrected chi connectivity index (χ4v) is 3.33. The van der Waals surface area contributed by atoms with Gasteiger partial charge in [0.15, 0.2) is 5.50 Å². The van der Waals surface area contributed by atoms with E-state index in [2.05, 4.69) is 40.2 Å². The fourth-order valence-electron chi connectivity index (χ4n) is 2.04. The van der Waals surface area contributed by atoms with E-state index >= 15 is 0 Å². The van der Waals surface area contributed by atoms with Crippen molar-refractivity contribution in [1.29, 1.82) is 0 Å². The van der Waals surface area contributed by atoms with Gasteiger partial charge in [-0.15, -0.1) is 0 Å². The molecule has 0 aromatic heterocycles. The molecule has 1 N–H and O–H groups in total. The number of thioether (sulfide) groups is 1. The van der Waals surface area contributed by atoms with Crippen LogP contribution in [0.5, 0.6) is 0 Å². The van der Waals surface area contributed by atoms with Crippen molar-refractivity contribution < 1.29 is 4.79 Å². The summed E-state index contributed by atoms with van der Waals surface area (Å²) in [4.78, 5) is 16.8. The lowest BCUT2D eigenvalue weighted by Gasteiger charge is -2.25. The minimum Gasteiger partial charge on any atom is -0.378 e. The molecule has 1 aromatic carbocycles. The van der Waals surface area contributed by atoms with E-state index in [-0.39, 0.29) is 11.4 Å². The molecular formula is C13H19N3OS. The first kappa shape index (κ1) is 13.1. The lowest BCUT2D eigenvalue weighted by Crippen LogP contribution is -2.42. The Hall–Kier alpha value is -1.36. The summed E-state index contributed by atoms with van der Waals surface area (Å²) in [5, 5.41) is 2.97. The fraction of sp³-hybridized carbons (Fsp3) is 0.462. The average molecular weight is 265 g/mol. The Kier molecular flexibility index (Phi) is 3.71. The zero-order valence-electron chi connectivity index (χ0n) is 11.2. The number of hydrogen-bond acceptors (Lipinski definition) is 4. The van der Waals surface area contributed by atoms with Crippen LogP contribution in [0.3, 0.4) is 0 Å². The van der Waals surface area contributed by atoms with Gasteiger partial charge in [-0.2, -0.15) is 0 Å². The van der Waals surface area contributed by atoms with Crippen LogP contribution in [0.4, 0.5) is 11.4 Å². The number of benzene rings is 1. The van der Waals surface area contributed by atoms with E-state index in [1.54, 1.807) is 18.7 Å². The van der Waals surface area contributed by atoms with E-state index in [1.165, 1.54) is 16.3 Å². The van der Waals surface area contributed by atoms with Crippen LogP contribution in [0.1, 0.15) is 13.8 Å². The van der Waals surface area contributed by atoms with Crippen LogP contribution >= 0.6 is 11.8 Å². The highest BCUT2D eigenvalue weighted by molar-refractivity contribution is 8.00. The minimum atomic E-state index is 0.00610. The molecule has 1 aromatic rings. The van der Waals surface area contributed by atoms with Gasteiger partial charge >= 0.3 is 0 Å². The molecule has 0 saturated heterocycles. The molecule has 0 aliphatic carbocycles. The molecule has 18 heavy (non-hydrogen) atoms. The Labute approximate surface area is 112 Å². The summed E-state index contributed by atoms with van der Waals surface area (Å²) in [5.74, 6) is 0.00610. The highest BCUT2D eigenvalue weighted by Crippen LogP contribution is 2.43. The van der Waals surface area contributed by atoms with Crippen molar-refractivity contribution in [1.82, 2.24) is 5.32 Å². The first-order valence-corrected chi connectivity index (χ1v) is 6.92. The lowest BCUT2D eigenvalue weighted by atomic mass is 10.2. The molecule has 98 valence electrons. The third-order valence-electron chi connectivity index (χ3n) is 2.96. The number of anilines is 2. The Morgan fingerprint density at radius 3 is 2.78 bits per heavy atom. The van der Waals surface area contributed by atoms with Gasteiger partial charge in [-0.25, -0.2) is 0 Å². The quantitative estimate of drug-likeness (QED) is 0.908. The molecular weight excluding hydrogens is 246 g/mol. The van der Waals surface area contributed by atoms with Crippen LogP contribution in [0.25, 0.3) is 0 Å². The van der Waals surface area contributed by atoms with Crippen molar-refractivity contribution >= 4 is 29.0 Å². The second-order valence-electron chi connectivity index (χ2n) is 4.50. The third-order valence-corrected chi connectivity index (χ3v) is 4.15. The molecule has 1 amide bonds. The molecule has 0 spiro atoms. The normalized spacial score (nSPS) is 17.6. The smallest absolute Gasteiger partial charge is 0.219 e. The highest BCUT2D eigenvalue weighted by atomic mass is 32.2. The second-order valence-corrected chi connectivity index (χ2v) is 5.63. The van der Waals surface area contributed by atoms with Crippen molar-refractivity contribution in [3.05, 3.63) is 18.2 Å². The topological polar surface area (TPSA) is 35.6 Å². The Morgan fingerprint density at radius 2 is 2.22 bits per heavy atom. The van der Waals surface area contributed by atoms with Gasteiger partial charge in [0.2, 0.25) is 5.91 Å². The third kappa shape index (κ3) is 2.41. The van der Waals surface area contributed by atoms with E-state index in [0.29, 0.717) is 0 Å². The number of carbonyl (C=O) groups excluding carboxylic acids is 1. The zero-order chi connectivity index (χ0) is 13.3. The van der Waals surface area contributed by atoms with Crippen LogP contribution in [0.2, 0.25) is 0 Å². The summed E-state index contributed by atoms with van der Waals surface area (Å²) in [7, 11) is 4.07. The van der Waals surface area contributed by atoms with E-state index in [4.69, 9.17) is 0 Å². The molecule has 1 aliphatic rings. The Balaban J connectivity index is 2.30. The molecule has 2 rings (SSSR count). The van der Waals surface area contributed by atoms with Crippen molar-refractivity contribution in [2.24, 2.45) is 0 Å². The summed E-state index contributed by atoms with van der Waals surface area (Å²) in [6.07, 6.45) is 0. The maximum atomic E-state index is 11.2. The zero-order valence-corrected chi connectivity index (χ0v) is 12.0. The monoisotopic (exact) mass is 265 g/mol. The molecule has 1 atom stereocenters. The summed E-state index contributed by atoms with van der Waals surface area (Å²) in [5.41, 5.74) is 2.39. The number of nitrogens with one attached hydrogen (secondary N) is 1. The SMILES string of the molecule is CCN1c2cc(N(C)C)ccc2SC1NC(C)=O. The number of rotatable bonds is 3. The number of carbonyl (C=O) groups is 1. The van der Waals surface area contributed by atoms with Crippen molar-refractivity contribution in [2.75, 3.05) is 30.4 Å². The Morgan fingerprint density at radius 1 is 1.50 bits per heavy atom. The summed E-state index contributed by atoms with van der Waals surface area (Å²) in [6, 6.07) is 6.41. The van der Waals surface area contributed by atoms with Gasteiger partial charge in [-0.1, -0.05) is 11.8 Å². The highest BCUT2D eigenvalue weighted by Gasteiger charge is 2.29. The maximum Gasteiger partial charge on any atom is 0.219 e. The maximum absolute atomic E-state index is 11.2. The molecule has 0 radical (unpaired) electrons. The number of nitrogens with zero attached hydrogens (tertiary/aromatic N) is 2. The number of fused-ring (bicyclic) bond motifs is 1. The molecule has 0 bridgehead atoms. The average Bonchev–Trinajstić information content (AvgIpc) is 2.63. The molecule has 5 heteroatoms. The van der Waals surface area contributed by atoms with Gasteiger partial charge in [0.1, 0.15) is 0 Å². The molecule has 1 aliphatic heterocycles. The van der Waals surface area contributed by atoms with Gasteiger partial charge in [0.25, 0.3) is 0 Å². The molecule has 0 saturated carbocycles. The first-order chi connectivity index (χ1) is 8.52. The van der Waals surface area contributed by atoms with Crippen LogP contribution in [0, 0.1) is 0 Å². The summed E-state index contributed by atoms with van der Waals surface area (Å²) < 4.78 is 0. The van der Waals surface area contributed by atoms with Gasteiger partial charge in [-0.3, -0.25) is 4.79 Å². The lowest BCUT2D eigenvalue weighted by molar-refractivity contribution is -0.119. The van der Waals surface area contributed by atoms with Crippen LogP contribution < -0.4 is 15.1 Å². The predicted octanol–water partition coefficient (Wildman–Crippen LogP) is 2.10. The first-order valence-electron chi connectivity index (χ1n) is 6.04. The largest absolute Gasteiger partial charge is 0.378 e. The van der Waals surface area contributed by atoms with Crippen LogP contribution in [-0.4, -0.2) is 32.0 Å². The van der Waals surface area contributed by atoms with Crippen molar-refractivity contribution in [3.8, 4) is 0 Å². The Bertz CT molecular complexity index is 462. The van der Waals surface area contributed by atoms with Gasteiger partial charge in [0.05, 0.1) is 5.69 Å². The van der Waals surface area contributed by atoms with Gasteiger partial charge < -0.3 is 15.1 Å². The van der Waals surface area contributed by atoms with Gasteiger partial charge in [0, 0.05) is 38.1 Å². The van der Waals surface area contributed by atoms with E-state index < -0.39 is 0 Å². The number of amides is 1. The minimum absolute atomic E-state index is 0.00610. The van der Waals surface area contributed by atoms with Crippen LogP contribution in [-0.2, 0) is 4.79 Å². The summed E-state index contributed by atoms with van der Waals surface area (Å²) in [6.45, 7) is 4.54. The van der Waals surface area contributed by atoms with Crippen molar-refractivity contribution in [3.63, 3.8) is 0 Å². The van der Waals surface area contributed by atoms with E-state index in [1.807, 2.05) is 14.1 Å². The molecule has 1 unspecified atom stereocenters. The standard InChI is InChI=1S/C13H19N3OS/c1-5-16-11-8-10(15(3)4)6-7-12(11)18-13(16)14-9(2)17/h6-8,13H,5H2,1-4H3,(H,14,17). The van der Waals surface area contributed by atoms with Gasteiger partial charge in [-0.05, 0) is 25.1 Å². The molecule has 1 heterocycles. The summed E-state index contributed by atoms with van der Waals surface area (Å²) >= 11 is 1.69. The predicted molar refractivity (Wildman–Crippen MR) is 77.3 cm³/mol. The molecule has 4 nitrogen and oxygen atoms in total. The van der Waals surface area contributed by atoms with Crippen LogP contribution in [0.15, 0.2) is 23.1 Å². The molecule has 0 fully saturated rings. The van der Waals surface area contributed by atoms with E-state index in [9.17, 15) is 4.79 Å². The van der Waals surface area contributed by atoms with Crippen molar-refractivity contribution in [2.45, 2.75) is 24.2 Å². The van der Waals surface area contributed by atoms with E-state index in [0.717, 1.165) is 6.54 Å². The number of hydrogen-bond donors (Lipinski definition) is 1.